The minimum absolute atomic E-state index is 0.0961. The Labute approximate surface area is 167 Å². The van der Waals surface area contributed by atoms with E-state index in [4.69, 9.17) is 0 Å². The van der Waals surface area contributed by atoms with Crippen molar-refractivity contribution in [2.75, 3.05) is 37.0 Å². The number of nitrogens with one attached hydrogen (secondary N) is 1. The Hall–Kier alpha value is -2.26. The molecule has 28 heavy (non-hydrogen) atoms. The van der Waals surface area contributed by atoms with Crippen molar-refractivity contribution in [2.45, 2.75) is 43.5 Å². The van der Waals surface area contributed by atoms with E-state index in [0.29, 0.717) is 42.7 Å². The van der Waals surface area contributed by atoms with Gasteiger partial charge in [-0.3, -0.25) is 0 Å². The monoisotopic (exact) mass is 404 g/mol. The minimum Gasteiger partial charge on any atom is -0.347 e. The third-order valence-corrected chi connectivity index (χ3v) is 6.24. The normalized spacial score (nSPS) is 15.8. The fourth-order valence-electron chi connectivity index (χ4n) is 3.05. The second-order valence-corrected chi connectivity index (χ2v) is 9.25. The van der Waals surface area contributed by atoms with E-state index >= 15 is 0 Å². The average molecular weight is 405 g/mol. The SMILES string of the molecule is CC(C)c1nc(N(C)C)nc(N2CCC(NS(=O)(=O)c3ccccc3)CC2)n1. The molecule has 0 atom stereocenters. The van der Waals surface area contributed by atoms with Crippen LogP contribution >= 0.6 is 0 Å². The number of hydrogen-bond acceptors (Lipinski definition) is 7. The summed E-state index contributed by atoms with van der Waals surface area (Å²) in [4.78, 5) is 18.0. The van der Waals surface area contributed by atoms with Gasteiger partial charge in [-0.2, -0.15) is 15.0 Å². The van der Waals surface area contributed by atoms with Gasteiger partial charge >= 0.3 is 0 Å². The van der Waals surface area contributed by atoms with Crippen LogP contribution in [0.4, 0.5) is 11.9 Å². The van der Waals surface area contributed by atoms with E-state index in [2.05, 4.69) is 38.4 Å². The molecular weight excluding hydrogens is 376 g/mol. The number of piperidine rings is 1. The molecule has 1 aromatic heterocycles. The summed E-state index contributed by atoms with van der Waals surface area (Å²) in [5.41, 5.74) is 0. The molecule has 8 nitrogen and oxygen atoms in total. The topological polar surface area (TPSA) is 91.3 Å². The van der Waals surface area contributed by atoms with E-state index in [1.807, 2.05) is 19.0 Å². The van der Waals surface area contributed by atoms with Crippen molar-refractivity contribution in [3.63, 3.8) is 0 Å². The molecule has 0 spiro atoms. The molecule has 0 unspecified atom stereocenters. The Morgan fingerprint density at radius 1 is 1.07 bits per heavy atom. The van der Waals surface area contributed by atoms with Crippen LogP contribution in [0.5, 0.6) is 0 Å². The summed E-state index contributed by atoms with van der Waals surface area (Å²) in [6.07, 6.45) is 1.40. The Morgan fingerprint density at radius 2 is 1.71 bits per heavy atom. The fraction of sp³-hybridized carbons (Fsp3) is 0.526. The molecule has 2 heterocycles. The van der Waals surface area contributed by atoms with Gasteiger partial charge in [-0.15, -0.1) is 0 Å². The third kappa shape index (κ3) is 4.77. The van der Waals surface area contributed by atoms with Gasteiger partial charge in [-0.25, -0.2) is 13.1 Å². The van der Waals surface area contributed by atoms with Crippen LogP contribution in [0.1, 0.15) is 38.4 Å². The summed E-state index contributed by atoms with van der Waals surface area (Å²) in [6.45, 7) is 5.50. The average Bonchev–Trinajstić information content (AvgIpc) is 2.68. The number of benzene rings is 1. The van der Waals surface area contributed by atoms with Crippen molar-refractivity contribution >= 4 is 21.9 Å². The van der Waals surface area contributed by atoms with Gasteiger partial charge in [0.2, 0.25) is 21.9 Å². The van der Waals surface area contributed by atoms with Gasteiger partial charge < -0.3 is 9.80 Å². The van der Waals surface area contributed by atoms with Crippen LogP contribution in [-0.4, -0.2) is 56.6 Å². The molecular formula is C19H28N6O2S. The first-order valence-electron chi connectivity index (χ1n) is 9.52. The van der Waals surface area contributed by atoms with Crippen LogP contribution in [-0.2, 0) is 10.0 Å². The van der Waals surface area contributed by atoms with E-state index in [1.165, 1.54) is 0 Å². The predicted octanol–water partition coefficient (Wildman–Crippen LogP) is 2.01. The lowest BCUT2D eigenvalue weighted by Gasteiger charge is -2.32. The highest BCUT2D eigenvalue weighted by Crippen LogP contribution is 2.22. The lowest BCUT2D eigenvalue weighted by atomic mass is 10.1. The Kier molecular flexibility index (Phi) is 6.14. The highest BCUT2D eigenvalue weighted by molar-refractivity contribution is 7.89. The van der Waals surface area contributed by atoms with Gasteiger partial charge in [0.25, 0.3) is 0 Å². The quantitative estimate of drug-likeness (QED) is 0.787. The lowest BCUT2D eigenvalue weighted by Crippen LogP contribution is -2.45. The molecule has 1 fully saturated rings. The van der Waals surface area contributed by atoms with Crippen molar-refractivity contribution in [2.24, 2.45) is 0 Å². The summed E-state index contributed by atoms with van der Waals surface area (Å²) >= 11 is 0. The fourth-order valence-corrected chi connectivity index (χ4v) is 4.38. The van der Waals surface area contributed by atoms with E-state index in [1.54, 1.807) is 30.3 Å². The molecule has 0 amide bonds. The number of hydrogen-bond donors (Lipinski definition) is 1. The summed E-state index contributed by atoms with van der Waals surface area (Å²) in [6, 6.07) is 8.39. The first kappa shape index (κ1) is 20.5. The molecule has 152 valence electrons. The molecule has 1 aromatic carbocycles. The van der Waals surface area contributed by atoms with E-state index in [9.17, 15) is 8.42 Å². The number of rotatable bonds is 6. The van der Waals surface area contributed by atoms with Crippen molar-refractivity contribution < 1.29 is 8.42 Å². The van der Waals surface area contributed by atoms with Crippen LogP contribution in [0.2, 0.25) is 0 Å². The zero-order valence-corrected chi connectivity index (χ0v) is 17.6. The Morgan fingerprint density at radius 3 is 2.29 bits per heavy atom. The molecule has 1 saturated heterocycles. The zero-order chi connectivity index (χ0) is 20.3. The molecule has 0 aliphatic carbocycles. The molecule has 1 aliphatic rings. The van der Waals surface area contributed by atoms with E-state index in [0.717, 1.165) is 5.82 Å². The zero-order valence-electron chi connectivity index (χ0n) is 16.8. The number of sulfonamides is 1. The highest BCUT2D eigenvalue weighted by Gasteiger charge is 2.26. The standard InChI is InChI=1S/C19H28N6O2S/c1-14(2)17-20-18(24(3)4)22-19(21-17)25-12-10-15(11-13-25)23-28(26,27)16-8-6-5-7-9-16/h5-9,14-15,23H,10-13H2,1-4H3. The molecule has 1 aliphatic heterocycles. The molecule has 0 radical (unpaired) electrons. The summed E-state index contributed by atoms with van der Waals surface area (Å²) in [5.74, 6) is 2.27. The third-order valence-electron chi connectivity index (χ3n) is 4.70. The lowest BCUT2D eigenvalue weighted by molar-refractivity contribution is 0.455. The number of aromatic nitrogens is 3. The molecule has 9 heteroatoms. The minimum atomic E-state index is -3.49. The number of anilines is 2. The summed E-state index contributed by atoms with van der Waals surface area (Å²) < 4.78 is 27.9. The van der Waals surface area contributed by atoms with Crippen LogP contribution in [0, 0.1) is 0 Å². The Bertz CT molecular complexity index is 868. The molecule has 2 aromatic rings. The second-order valence-electron chi connectivity index (χ2n) is 7.54. The maximum Gasteiger partial charge on any atom is 0.240 e. The molecule has 3 rings (SSSR count). The Balaban J connectivity index is 1.69. The van der Waals surface area contributed by atoms with Crippen LogP contribution in [0.25, 0.3) is 0 Å². The van der Waals surface area contributed by atoms with Gasteiger partial charge in [-0.05, 0) is 25.0 Å². The first-order chi connectivity index (χ1) is 13.3. The van der Waals surface area contributed by atoms with Gasteiger partial charge in [0.1, 0.15) is 5.82 Å². The molecule has 0 bridgehead atoms. The molecule has 0 saturated carbocycles. The van der Waals surface area contributed by atoms with Crippen molar-refractivity contribution in [3.05, 3.63) is 36.2 Å². The van der Waals surface area contributed by atoms with Crippen molar-refractivity contribution in [3.8, 4) is 0 Å². The largest absolute Gasteiger partial charge is 0.347 e. The van der Waals surface area contributed by atoms with Crippen molar-refractivity contribution in [1.29, 1.82) is 0 Å². The van der Waals surface area contributed by atoms with E-state index in [-0.39, 0.29) is 12.0 Å². The maximum absolute atomic E-state index is 12.5. The van der Waals surface area contributed by atoms with Crippen LogP contribution in [0.3, 0.4) is 0 Å². The van der Waals surface area contributed by atoms with Crippen LogP contribution in [0.15, 0.2) is 35.2 Å². The smallest absolute Gasteiger partial charge is 0.240 e. The summed E-state index contributed by atoms with van der Waals surface area (Å²) in [5, 5.41) is 0. The summed E-state index contributed by atoms with van der Waals surface area (Å²) in [7, 11) is 0.327. The maximum atomic E-state index is 12.5. The van der Waals surface area contributed by atoms with Crippen LogP contribution < -0.4 is 14.5 Å². The number of nitrogens with zero attached hydrogens (tertiary/aromatic N) is 5. The molecule has 1 N–H and O–H groups in total. The van der Waals surface area contributed by atoms with Crippen molar-refractivity contribution in [1.82, 2.24) is 19.7 Å². The van der Waals surface area contributed by atoms with Gasteiger partial charge in [-0.1, -0.05) is 32.0 Å². The van der Waals surface area contributed by atoms with Gasteiger partial charge in [0.15, 0.2) is 0 Å². The second kappa shape index (κ2) is 8.40. The first-order valence-corrected chi connectivity index (χ1v) is 11.0. The van der Waals surface area contributed by atoms with Gasteiger partial charge in [0, 0.05) is 39.1 Å². The predicted molar refractivity (Wildman–Crippen MR) is 110 cm³/mol. The highest BCUT2D eigenvalue weighted by atomic mass is 32.2. The van der Waals surface area contributed by atoms with E-state index < -0.39 is 10.0 Å². The van der Waals surface area contributed by atoms with Gasteiger partial charge in [0.05, 0.1) is 4.90 Å².